The Kier molecular flexibility index (Phi) is 12.2. The highest BCUT2D eigenvalue weighted by atomic mass is 35.5. The van der Waals surface area contributed by atoms with Gasteiger partial charge in [0.2, 0.25) is 0 Å². The number of carbonyl (C=O) groups is 1. The van der Waals surface area contributed by atoms with Gasteiger partial charge in [-0.25, -0.2) is 0 Å². The van der Waals surface area contributed by atoms with Crippen LogP contribution in [-0.4, -0.2) is 51.7 Å². The van der Waals surface area contributed by atoms with Gasteiger partial charge in [-0.15, -0.1) is 11.6 Å². The molecule has 0 aromatic carbocycles. The number of unbranched alkanes of at least 4 members (excludes halogenated alkanes) is 3. The molecule has 0 bridgehead atoms. The quantitative estimate of drug-likeness (QED) is 0.265. The minimum Gasteiger partial charge on any atom is -0.481 e. The number of carboxylic acid groups (broad SMARTS) is 1. The Morgan fingerprint density at radius 1 is 1.24 bits per heavy atom. The Labute approximate surface area is 158 Å². The molecule has 0 spiro atoms. The Bertz CT molecular complexity index is 389. The fourth-order valence-corrected chi connectivity index (χ4v) is 3.84. The lowest BCUT2D eigenvalue weighted by atomic mass is 10.1. The van der Waals surface area contributed by atoms with Gasteiger partial charge in [-0.2, -0.15) is 0 Å². The number of alkyl halides is 1. The number of aliphatic hydroxyl groups excluding tert-OH is 1. The van der Waals surface area contributed by atoms with Crippen LogP contribution in [0.3, 0.4) is 0 Å². The summed E-state index contributed by atoms with van der Waals surface area (Å²) in [5.74, 6) is -0.729. The zero-order chi connectivity index (χ0) is 18.5. The molecule has 1 heterocycles. The van der Waals surface area contributed by atoms with Gasteiger partial charge in [-0.05, 0) is 58.0 Å². The molecule has 0 aliphatic carbocycles. The lowest BCUT2D eigenvalue weighted by molar-refractivity contribution is -0.137. The molecular formula is C20H36ClNO3. The SMILES string of the molecule is CCCCCC(O)CCCN1CC[C@@H](Cl)[C@@H]1C/C=C\CCCC(=O)O. The van der Waals surface area contributed by atoms with Crippen molar-refractivity contribution in [1.82, 2.24) is 4.90 Å². The average Bonchev–Trinajstić information content (AvgIpc) is 2.91. The fraction of sp³-hybridized carbons (Fsp3) is 0.850. The van der Waals surface area contributed by atoms with Crippen molar-refractivity contribution in [3.05, 3.63) is 12.2 Å². The maximum absolute atomic E-state index is 10.5. The van der Waals surface area contributed by atoms with E-state index in [-0.39, 0.29) is 17.9 Å². The van der Waals surface area contributed by atoms with Crippen LogP contribution in [0.2, 0.25) is 0 Å². The molecule has 1 fully saturated rings. The lowest BCUT2D eigenvalue weighted by Crippen LogP contribution is -2.34. The van der Waals surface area contributed by atoms with Gasteiger partial charge in [0.1, 0.15) is 0 Å². The maximum Gasteiger partial charge on any atom is 0.303 e. The normalized spacial score (nSPS) is 22.7. The molecule has 1 aliphatic rings. The van der Waals surface area contributed by atoms with Gasteiger partial charge in [-0.1, -0.05) is 38.3 Å². The van der Waals surface area contributed by atoms with Gasteiger partial charge in [0.15, 0.2) is 0 Å². The van der Waals surface area contributed by atoms with Crippen LogP contribution in [0.1, 0.15) is 77.6 Å². The van der Waals surface area contributed by atoms with Crippen LogP contribution in [0.25, 0.3) is 0 Å². The predicted octanol–water partition coefficient (Wildman–Crippen LogP) is 4.59. The Hall–Kier alpha value is -0.580. The number of likely N-dealkylation sites (tertiary alicyclic amines) is 1. The summed E-state index contributed by atoms with van der Waals surface area (Å²) < 4.78 is 0. The standard InChI is InChI=1S/C20H36ClNO3/c1-2-3-6-10-17(23)11-9-15-22-16-14-18(21)19(22)12-7-4-5-8-13-20(24)25/h4,7,17-19,23H,2-3,5-6,8-16H2,1H3,(H,24,25)/b7-4-/t17?,18-,19+/m1/s1. The molecular weight excluding hydrogens is 338 g/mol. The number of carboxylic acids is 1. The van der Waals surface area contributed by atoms with E-state index in [9.17, 15) is 9.90 Å². The zero-order valence-corrected chi connectivity index (χ0v) is 16.5. The summed E-state index contributed by atoms with van der Waals surface area (Å²) in [5, 5.41) is 18.9. The molecule has 0 aromatic rings. The summed E-state index contributed by atoms with van der Waals surface area (Å²) in [7, 11) is 0. The summed E-state index contributed by atoms with van der Waals surface area (Å²) in [6.45, 7) is 4.23. The second-order valence-corrected chi connectivity index (χ2v) is 7.75. The second-order valence-electron chi connectivity index (χ2n) is 7.19. The fourth-order valence-electron chi connectivity index (χ4n) is 3.48. The van der Waals surface area contributed by atoms with E-state index in [0.29, 0.717) is 12.5 Å². The Balaban J connectivity index is 2.21. The maximum atomic E-state index is 10.5. The van der Waals surface area contributed by atoms with E-state index in [4.69, 9.17) is 16.7 Å². The van der Waals surface area contributed by atoms with Crippen molar-refractivity contribution in [1.29, 1.82) is 0 Å². The summed E-state index contributed by atoms with van der Waals surface area (Å²) in [4.78, 5) is 12.9. The van der Waals surface area contributed by atoms with Gasteiger partial charge >= 0.3 is 5.97 Å². The smallest absolute Gasteiger partial charge is 0.303 e. The third kappa shape index (κ3) is 10.2. The first-order valence-electron chi connectivity index (χ1n) is 9.97. The minimum absolute atomic E-state index is 0.159. The molecule has 25 heavy (non-hydrogen) atoms. The molecule has 1 unspecified atom stereocenters. The summed E-state index contributed by atoms with van der Waals surface area (Å²) in [6.07, 6.45) is 14.1. The molecule has 2 N–H and O–H groups in total. The summed E-state index contributed by atoms with van der Waals surface area (Å²) in [5.41, 5.74) is 0. The monoisotopic (exact) mass is 373 g/mol. The second kappa shape index (κ2) is 13.6. The van der Waals surface area contributed by atoms with Crippen molar-refractivity contribution in [2.45, 2.75) is 95.1 Å². The Morgan fingerprint density at radius 2 is 2.00 bits per heavy atom. The average molecular weight is 374 g/mol. The molecule has 1 aliphatic heterocycles. The third-order valence-electron chi connectivity index (χ3n) is 5.01. The highest BCUT2D eigenvalue weighted by Crippen LogP contribution is 2.26. The largest absolute Gasteiger partial charge is 0.481 e. The Morgan fingerprint density at radius 3 is 2.72 bits per heavy atom. The van der Waals surface area contributed by atoms with Gasteiger partial charge < -0.3 is 10.2 Å². The van der Waals surface area contributed by atoms with E-state index in [1.165, 1.54) is 12.8 Å². The molecule has 146 valence electrons. The predicted molar refractivity (Wildman–Crippen MR) is 104 cm³/mol. The molecule has 0 saturated carbocycles. The first-order valence-corrected chi connectivity index (χ1v) is 10.4. The van der Waals surface area contributed by atoms with Crippen LogP contribution in [0.5, 0.6) is 0 Å². The van der Waals surface area contributed by atoms with Crippen LogP contribution in [0.15, 0.2) is 12.2 Å². The number of nitrogens with zero attached hydrogens (tertiary/aromatic N) is 1. The van der Waals surface area contributed by atoms with Crippen molar-refractivity contribution < 1.29 is 15.0 Å². The highest BCUT2D eigenvalue weighted by Gasteiger charge is 2.31. The minimum atomic E-state index is -0.729. The van der Waals surface area contributed by atoms with Crippen molar-refractivity contribution in [2.75, 3.05) is 13.1 Å². The number of halogens is 1. The number of allylic oxidation sites excluding steroid dienone is 1. The molecule has 1 saturated heterocycles. The number of aliphatic hydroxyl groups is 1. The molecule has 0 amide bonds. The van der Waals surface area contributed by atoms with Crippen molar-refractivity contribution in [3.8, 4) is 0 Å². The summed E-state index contributed by atoms with van der Waals surface area (Å²) >= 11 is 6.48. The molecule has 4 nitrogen and oxygen atoms in total. The van der Waals surface area contributed by atoms with E-state index in [0.717, 1.165) is 58.0 Å². The molecule has 1 rings (SSSR count). The molecule has 5 heteroatoms. The first-order chi connectivity index (χ1) is 12.0. The van der Waals surface area contributed by atoms with Gasteiger partial charge in [0, 0.05) is 12.5 Å². The zero-order valence-electron chi connectivity index (χ0n) is 15.7. The van der Waals surface area contributed by atoms with Gasteiger partial charge in [0.25, 0.3) is 0 Å². The lowest BCUT2D eigenvalue weighted by Gasteiger charge is -2.25. The van der Waals surface area contributed by atoms with Crippen LogP contribution in [0, 0.1) is 0 Å². The van der Waals surface area contributed by atoms with E-state index >= 15 is 0 Å². The van der Waals surface area contributed by atoms with Crippen molar-refractivity contribution in [2.24, 2.45) is 0 Å². The van der Waals surface area contributed by atoms with Crippen LogP contribution < -0.4 is 0 Å². The van der Waals surface area contributed by atoms with Crippen molar-refractivity contribution >= 4 is 17.6 Å². The molecule has 0 radical (unpaired) electrons. The van der Waals surface area contributed by atoms with E-state index in [1.807, 2.05) is 0 Å². The van der Waals surface area contributed by atoms with E-state index < -0.39 is 5.97 Å². The number of rotatable bonds is 14. The van der Waals surface area contributed by atoms with E-state index in [2.05, 4.69) is 24.0 Å². The molecule has 0 aromatic heterocycles. The number of hydrogen-bond acceptors (Lipinski definition) is 3. The number of aliphatic carboxylic acids is 1. The summed E-state index contributed by atoms with van der Waals surface area (Å²) in [6, 6.07) is 0.370. The van der Waals surface area contributed by atoms with Crippen LogP contribution in [0.4, 0.5) is 0 Å². The van der Waals surface area contributed by atoms with Crippen LogP contribution >= 0.6 is 11.6 Å². The highest BCUT2D eigenvalue weighted by molar-refractivity contribution is 6.21. The van der Waals surface area contributed by atoms with Crippen molar-refractivity contribution in [3.63, 3.8) is 0 Å². The molecule has 3 atom stereocenters. The number of hydrogen-bond donors (Lipinski definition) is 2. The van der Waals surface area contributed by atoms with E-state index in [1.54, 1.807) is 0 Å². The third-order valence-corrected chi connectivity index (χ3v) is 5.52. The first kappa shape index (κ1) is 22.5. The van der Waals surface area contributed by atoms with Crippen LogP contribution in [-0.2, 0) is 4.79 Å². The van der Waals surface area contributed by atoms with Gasteiger partial charge in [-0.3, -0.25) is 9.69 Å². The topological polar surface area (TPSA) is 60.8 Å². The van der Waals surface area contributed by atoms with Gasteiger partial charge in [0.05, 0.1) is 11.5 Å².